The van der Waals surface area contributed by atoms with Crippen LogP contribution >= 0.6 is 23.2 Å². The largest absolute Gasteiger partial charge is 0.298 e. The molecule has 0 N–H and O–H groups in total. The van der Waals surface area contributed by atoms with E-state index in [1.54, 1.807) is 6.07 Å². The standard InChI is InChI=1S/C15H8Cl2O/c16-13-5-2-4-10-11(13)7-9-3-1-6-14(17)15(9)12(10)8-18/h1-8H. The van der Waals surface area contributed by atoms with Crippen molar-refractivity contribution in [1.29, 1.82) is 0 Å². The van der Waals surface area contributed by atoms with Gasteiger partial charge in [-0.3, -0.25) is 4.79 Å². The SMILES string of the molecule is O=Cc1c2cccc(Cl)c2cc2cccc(Cl)c12. The first kappa shape index (κ1) is 11.5. The highest BCUT2D eigenvalue weighted by molar-refractivity contribution is 6.39. The van der Waals surface area contributed by atoms with E-state index < -0.39 is 0 Å². The third kappa shape index (κ3) is 1.59. The normalized spacial score (nSPS) is 11.0. The molecule has 0 bridgehead atoms. The number of carbonyl (C=O) groups excluding carboxylic acids is 1. The van der Waals surface area contributed by atoms with E-state index in [2.05, 4.69) is 0 Å². The molecule has 0 aliphatic carbocycles. The van der Waals surface area contributed by atoms with Crippen LogP contribution in [0.15, 0.2) is 42.5 Å². The second-order valence-corrected chi connectivity index (χ2v) is 4.90. The van der Waals surface area contributed by atoms with Gasteiger partial charge in [-0.15, -0.1) is 0 Å². The maximum absolute atomic E-state index is 11.4. The highest BCUT2D eigenvalue weighted by Crippen LogP contribution is 2.34. The van der Waals surface area contributed by atoms with Crippen LogP contribution in [0.3, 0.4) is 0 Å². The van der Waals surface area contributed by atoms with Gasteiger partial charge in [0.15, 0.2) is 6.29 Å². The molecule has 0 amide bonds. The molecule has 0 aliphatic rings. The highest BCUT2D eigenvalue weighted by atomic mass is 35.5. The molecule has 3 rings (SSSR count). The van der Waals surface area contributed by atoms with Crippen molar-refractivity contribution >= 4 is 51.0 Å². The van der Waals surface area contributed by atoms with Crippen molar-refractivity contribution in [3.8, 4) is 0 Å². The fraction of sp³-hybridized carbons (Fsp3) is 0. The Kier molecular flexibility index (Phi) is 2.73. The smallest absolute Gasteiger partial charge is 0.151 e. The van der Waals surface area contributed by atoms with Gasteiger partial charge >= 0.3 is 0 Å². The van der Waals surface area contributed by atoms with Gasteiger partial charge < -0.3 is 0 Å². The van der Waals surface area contributed by atoms with E-state index in [0.29, 0.717) is 15.6 Å². The Morgan fingerprint density at radius 1 is 0.889 bits per heavy atom. The van der Waals surface area contributed by atoms with E-state index in [0.717, 1.165) is 27.8 Å². The molecule has 0 fully saturated rings. The molecule has 0 saturated carbocycles. The van der Waals surface area contributed by atoms with Gasteiger partial charge in [0.25, 0.3) is 0 Å². The van der Waals surface area contributed by atoms with Crippen molar-refractivity contribution in [3.05, 3.63) is 58.1 Å². The van der Waals surface area contributed by atoms with E-state index >= 15 is 0 Å². The molecule has 3 aromatic carbocycles. The van der Waals surface area contributed by atoms with E-state index in [9.17, 15) is 4.79 Å². The van der Waals surface area contributed by atoms with Crippen molar-refractivity contribution in [3.63, 3.8) is 0 Å². The first-order valence-corrected chi connectivity index (χ1v) is 6.22. The second kappa shape index (κ2) is 4.27. The number of fused-ring (bicyclic) bond motifs is 2. The van der Waals surface area contributed by atoms with Crippen LogP contribution in [0.2, 0.25) is 10.0 Å². The molecule has 1 nitrogen and oxygen atoms in total. The van der Waals surface area contributed by atoms with E-state index in [1.807, 2.05) is 36.4 Å². The van der Waals surface area contributed by atoms with Crippen LogP contribution in [-0.2, 0) is 0 Å². The molecule has 18 heavy (non-hydrogen) atoms. The fourth-order valence-corrected chi connectivity index (χ4v) is 2.79. The average molecular weight is 275 g/mol. The monoisotopic (exact) mass is 274 g/mol. The van der Waals surface area contributed by atoms with Gasteiger partial charge in [-0.2, -0.15) is 0 Å². The summed E-state index contributed by atoms with van der Waals surface area (Å²) in [7, 11) is 0. The van der Waals surface area contributed by atoms with Crippen molar-refractivity contribution < 1.29 is 4.79 Å². The van der Waals surface area contributed by atoms with Gasteiger partial charge in [0.05, 0.1) is 0 Å². The van der Waals surface area contributed by atoms with Crippen LogP contribution in [0.1, 0.15) is 10.4 Å². The van der Waals surface area contributed by atoms with Crippen LogP contribution in [0.25, 0.3) is 21.5 Å². The van der Waals surface area contributed by atoms with E-state index in [-0.39, 0.29) is 0 Å². The first-order valence-electron chi connectivity index (χ1n) is 5.47. The van der Waals surface area contributed by atoms with Crippen LogP contribution in [-0.4, -0.2) is 6.29 Å². The lowest BCUT2D eigenvalue weighted by Crippen LogP contribution is -1.88. The number of carbonyl (C=O) groups is 1. The summed E-state index contributed by atoms with van der Waals surface area (Å²) in [5.74, 6) is 0. The molecular weight excluding hydrogens is 267 g/mol. The van der Waals surface area contributed by atoms with Crippen molar-refractivity contribution in [1.82, 2.24) is 0 Å². The zero-order valence-electron chi connectivity index (χ0n) is 9.28. The third-order valence-corrected chi connectivity index (χ3v) is 3.72. The van der Waals surface area contributed by atoms with Crippen molar-refractivity contribution in [2.75, 3.05) is 0 Å². The molecule has 0 atom stereocenters. The zero-order valence-corrected chi connectivity index (χ0v) is 10.8. The first-order chi connectivity index (χ1) is 8.72. The van der Waals surface area contributed by atoms with Gasteiger partial charge in [0.1, 0.15) is 0 Å². The Labute approximate surface area is 114 Å². The summed E-state index contributed by atoms with van der Waals surface area (Å²) in [5, 5.41) is 4.62. The number of aldehydes is 1. The van der Waals surface area contributed by atoms with Crippen LogP contribution < -0.4 is 0 Å². The topological polar surface area (TPSA) is 17.1 Å². The average Bonchev–Trinajstić information content (AvgIpc) is 2.38. The maximum Gasteiger partial charge on any atom is 0.151 e. The number of halogens is 2. The molecule has 0 spiro atoms. The number of benzene rings is 3. The lowest BCUT2D eigenvalue weighted by Gasteiger charge is -2.09. The van der Waals surface area contributed by atoms with Crippen LogP contribution in [0, 0.1) is 0 Å². The molecule has 3 aromatic rings. The predicted molar refractivity (Wildman–Crippen MR) is 76.9 cm³/mol. The molecular formula is C15H8Cl2O. The molecule has 0 aromatic heterocycles. The summed E-state index contributed by atoms with van der Waals surface area (Å²) in [6.45, 7) is 0. The lowest BCUT2D eigenvalue weighted by atomic mass is 9.97. The quantitative estimate of drug-likeness (QED) is 0.445. The minimum atomic E-state index is 0.580. The number of rotatable bonds is 1. The summed E-state index contributed by atoms with van der Waals surface area (Å²) in [6.07, 6.45) is 0.840. The lowest BCUT2D eigenvalue weighted by molar-refractivity contribution is 0.112. The van der Waals surface area contributed by atoms with Gasteiger partial charge in [0, 0.05) is 26.4 Å². The summed E-state index contributed by atoms with van der Waals surface area (Å²) < 4.78 is 0. The molecule has 0 unspecified atom stereocenters. The molecule has 3 heteroatoms. The summed E-state index contributed by atoms with van der Waals surface area (Å²) in [6, 6.07) is 13.1. The Bertz CT molecular complexity index is 778. The minimum Gasteiger partial charge on any atom is -0.298 e. The van der Waals surface area contributed by atoms with Gasteiger partial charge in [-0.25, -0.2) is 0 Å². The van der Waals surface area contributed by atoms with Crippen molar-refractivity contribution in [2.24, 2.45) is 0 Å². The minimum absolute atomic E-state index is 0.580. The highest BCUT2D eigenvalue weighted by Gasteiger charge is 2.11. The zero-order chi connectivity index (χ0) is 12.7. The fourth-order valence-electron chi connectivity index (χ4n) is 2.28. The number of hydrogen-bond acceptors (Lipinski definition) is 1. The van der Waals surface area contributed by atoms with Crippen LogP contribution in [0.4, 0.5) is 0 Å². The Hall–Kier alpha value is -1.57. The van der Waals surface area contributed by atoms with Gasteiger partial charge in [0.2, 0.25) is 0 Å². The van der Waals surface area contributed by atoms with Crippen LogP contribution in [0.5, 0.6) is 0 Å². The van der Waals surface area contributed by atoms with Crippen molar-refractivity contribution in [2.45, 2.75) is 0 Å². The second-order valence-electron chi connectivity index (χ2n) is 4.08. The Morgan fingerprint density at radius 3 is 2.39 bits per heavy atom. The van der Waals surface area contributed by atoms with Gasteiger partial charge in [-0.1, -0.05) is 47.5 Å². The third-order valence-electron chi connectivity index (χ3n) is 3.08. The van der Waals surface area contributed by atoms with Gasteiger partial charge in [-0.05, 0) is 29.0 Å². The molecule has 88 valence electrons. The Balaban J connectivity index is 2.66. The summed E-state index contributed by atoms with van der Waals surface area (Å²) >= 11 is 12.4. The summed E-state index contributed by atoms with van der Waals surface area (Å²) in [5.41, 5.74) is 0.593. The number of hydrogen-bond donors (Lipinski definition) is 0. The molecule has 0 heterocycles. The predicted octanol–water partition coefficient (Wildman–Crippen LogP) is 5.11. The maximum atomic E-state index is 11.4. The van der Waals surface area contributed by atoms with E-state index in [1.165, 1.54) is 0 Å². The molecule has 0 radical (unpaired) electrons. The van der Waals surface area contributed by atoms with E-state index in [4.69, 9.17) is 23.2 Å². The molecule has 0 saturated heterocycles. The summed E-state index contributed by atoms with van der Waals surface area (Å²) in [4.78, 5) is 11.4. The Morgan fingerprint density at radius 2 is 1.61 bits per heavy atom. The molecule has 0 aliphatic heterocycles.